The van der Waals surface area contributed by atoms with Crippen LogP contribution in [0.5, 0.6) is 0 Å². The minimum Gasteiger partial charge on any atom is -0.378 e. The first kappa shape index (κ1) is 20.6. The number of morpholine rings is 1. The van der Waals surface area contributed by atoms with E-state index in [9.17, 15) is 9.18 Å². The van der Waals surface area contributed by atoms with Gasteiger partial charge in [-0.3, -0.25) is 9.36 Å². The molecule has 7 nitrogen and oxygen atoms in total. The lowest BCUT2D eigenvalue weighted by Crippen LogP contribution is -2.37. The van der Waals surface area contributed by atoms with E-state index in [1.54, 1.807) is 41.0 Å². The molecule has 0 atom stereocenters. The normalized spacial score (nSPS) is 14.0. The van der Waals surface area contributed by atoms with E-state index >= 15 is 0 Å². The number of hydrogen-bond acceptors (Lipinski definition) is 6. The Morgan fingerprint density at radius 3 is 2.73 bits per heavy atom. The van der Waals surface area contributed by atoms with Crippen LogP contribution in [0.1, 0.15) is 0 Å². The Morgan fingerprint density at radius 1 is 1.17 bits per heavy atom. The highest BCUT2D eigenvalue weighted by molar-refractivity contribution is 7.99. The quantitative estimate of drug-likeness (QED) is 0.582. The van der Waals surface area contributed by atoms with Crippen molar-refractivity contribution >= 4 is 40.9 Å². The molecule has 1 amide bonds. The lowest BCUT2D eigenvalue weighted by molar-refractivity contribution is -0.113. The van der Waals surface area contributed by atoms with Gasteiger partial charge in [-0.1, -0.05) is 41.6 Å². The molecule has 2 heterocycles. The van der Waals surface area contributed by atoms with E-state index in [4.69, 9.17) is 16.3 Å². The molecule has 1 aromatic heterocycles. The summed E-state index contributed by atoms with van der Waals surface area (Å²) in [4.78, 5) is 14.5. The number of benzene rings is 2. The zero-order valence-corrected chi connectivity index (χ0v) is 17.5. The van der Waals surface area contributed by atoms with Crippen LogP contribution in [0.25, 0.3) is 5.69 Å². The van der Waals surface area contributed by atoms with Gasteiger partial charge in [0, 0.05) is 13.1 Å². The van der Waals surface area contributed by atoms with E-state index in [1.165, 1.54) is 23.9 Å². The third-order valence-electron chi connectivity index (χ3n) is 4.46. The molecule has 0 saturated carbocycles. The number of amides is 1. The van der Waals surface area contributed by atoms with Crippen LogP contribution < -0.4 is 10.2 Å². The van der Waals surface area contributed by atoms with Crippen LogP contribution >= 0.6 is 23.4 Å². The monoisotopic (exact) mass is 447 g/mol. The minimum absolute atomic E-state index is 0.0990. The maximum Gasteiger partial charge on any atom is 0.234 e. The molecule has 0 spiro atoms. The zero-order valence-electron chi connectivity index (χ0n) is 15.9. The van der Waals surface area contributed by atoms with Gasteiger partial charge >= 0.3 is 0 Å². The zero-order chi connectivity index (χ0) is 20.9. The highest BCUT2D eigenvalue weighted by Gasteiger charge is 2.22. The first-order chi connectivity index (χ1) is 14.6. The largest absolute Gasteiger partial charge is 0.378 e. The Kier molecular flexibility index (Phi) is 6.51. The molecular formula is C20H19ClFN5O2S. The van der Waals surface area contributed by atoms with Crippen molar-refractivity contribution in [1.29, 1.82) is 0 Å². The van der Waals surface area contributed by atoms with Gasteiger partial charge in [-0.25, -0.2) is 4.39 Å². The van der Waals surface area contributed by atoms with E-state index in [-0.39, 0.29) is 17.5 Å². The fourth-order valence-electron chi connectivity index (χ4n) is 3.04. The molecule has 2 aromatic carbocycles. The summed E-state index contributed by atoms with van der Waals surface area (Å²) < 4.78 is 21.1. The highest BCUT2D eigenvalue weighted by Crippen LogP contribution is 2.28. The number of carbonyl (C=O) groups excluding carboxylic acids is 1. The summed E-state index contributed by atoms with van der Waals surface area (Å²) in [5, 5.41) is 12.3. The van der Waals surface area contributed by atoms with Crippen molar-refractivity contribution in [1.82, 2.24) is 14.8 Å². The average Bonchev–Trinajstić information content (AvgIpc) is 3.18. The fraction of sp³-hybridized carbons (Fsp3) is 0.250. The molecule has 1 fully saturated rings. The Labute approximate surface area is 182 Å². The van der Waals surface area contributed by atoms with E-state index in [2.05, 4.69) is 15.5 Å². The van der Waals surface area contributed by atoms with E-state index in [0.29, 0.717) is 53.8 Å². The number of halogens is 2. The molecule has 4 rings (SSSR count). The van der Waals surface area contributed by atoms with Gasteiger partial charge in [-0.15, -0.1) is 10.2 Å². The SMILES string of the molecule is O=C(CSc1nnc(N2CCOCC2)n1-c1cccc(F)c1)Nc1ccccc1Cl. The van der Waals surface area contributed by atoms with Crippen LogP contribution in [0.3, 0.4) is 0 Å². The third kappa shape index (κ3) is 4.75. The summed E-state index contributed by atoms with van der Waals surface area (Å²) in [5.74, 6) is 0.108. The molecule has 30 heavy (non-hydrogen) atoms. The summed E-state index contributed by atoms with van der Waals surface area (Å²) in [6.45, 7) is 2.48. The molecule has 1 aliphatic heterocycles. The lowest BCUT2D eigenvalue weighted by atomic mass is 10.3. The molecule has 0 aliphatic carbocycles. The maximum atomic E-state index is 13.9. The maximum absolute atomic E-state index is 13.9. The number of rotatable bonds is 6. The molecule has 1 N–H and O–H groups in total. The molecule has 0 unspecified atom stereocenters. The van der Waals surface area contributed by atoms with Gasteiger partial charge in [0.05, 0.1) is 35.4 Å². The van der Waals surface area contributed by atoms with Gasteiger partial charge in [0.1, 0.15) is 5.82 Å². The number of nitrogens with one attached hydrogen (secondary N) is 1. The molecule has 1 aliphatic rings. The van der Waals surface area contributed by atoms with Gasteiger partial charge < -0.3 is 15.0 Å². The number of para-hydroxylation sites is 1. The standard InChI is InChI=1S/C20H19ClFN5O2S/c21-16-6-1-2-7-17(16)23-18(28)13-30-20-25-24-19(26-8-10-29-11-9-26)27(20)15-5-3-4-14(22)12-15/h1-7,12H,8-11,13H2,(H,23,28). The average molecular weight is 448 g/mol. The first-order valence-corrected chi connectivity index (χ1v) is 10.7. The van der Waals surface area contributed by atoms with Crippen LogP contribution in [-0.2, 0) is 9.53 Å². The summed E-state index contributed by atoms with van der Waals surface area (Å²) in [6.07, 6.45) is 0. The summed E-state index contributed by atoms with van der Waals surface area (Å²) in [7, 11) is 0. The second kappa shape index (κ2) is 9.46. The van der Waals surface area contributed by atoms with Gasteiger partial charge in [0.25, 0.3) is 0 Å². The highest BCUT2D eigenvalue weighted by atomic mass is 35.5. The Hall–Kier alpha value is -2.62. The summed E-state index contributed by atoms with van der Waals surface area (Å²) >= 11 is 7.32. The van der Waals surface area contributed by atoms with Crippen molar-refractivity contribution in [3.8, 4) is 5.69 Å². The van der Waals surface area contributed by atoms with Crippen molar-refractivity contribution in [3.63, 3.8) is 0 Å². The first-order valence-electron chi connectivity index (χ1n) is 9.33. The number of ether oxygens (including phenoxy) is 1. The number of hydrogen-bond donors (Lipinski definition) is 1. The second-order valence-corrected chi connectivity index (χ2v) is 7.86. The number of thioether (sulfide) groups is 1. The van der Waals surface area contributed by atoms with Crippen molar-refractivity contribution in [2.24, 2.45) is 0 Å². The van der Waals surface area contributed by atoms with Gasteiger partial charge in [-0.05, 0) is 30.3 Å². The molecule has 0 bridgehead atoms. The molecule has 1 saturated heterocycles. The van der Waals surface area contributed by atoms with Gasteiger partial charge in [-0.2, -0.15) is 0 Å². The number of anilines is 2. The van der Waals surface area contributed by atoms with E-state index in [0.717, 1.165) is 0 Å². The van der Waals surface area contributed by atoms with E-state index < -0.39 is 0 Å². The van der Waals surface area contributed by atoms with Crippen LogP contribution in [0.2, 0.25) is 5.02 Å². The smallest absolute Gasteiger partial charge is 0.234 e. The fourth-order valence-corrected chi connectivity index (χ4v) is 3.97. The Balaban J connectivity index is 1.56. The molecule has 0 radical (unpaired) electrons. The second-order valence-electron chi connectivity index (χ2n) is 6.51. The van der Waals surface area contributed by atoms with Crippen LogP contribution in [0, 0.1) is 5.82 Å². The van der Waals surface area contributed by atoms with Gasteiger partial charge in [0.2, 0.25) is 11.9 Å². The topological polar surface area (TPSA) is 72.3 Å². The van der Waals surface area contributed by atoms with Crippen LogP contribution in [0.4, 0.5) is 16.0 Å². The van der Waals surface area contributed by atoms with Crippen molar-refractivity contribution in [3.05, 3.63) is 59.4 Å². The van der Waals surface area contributed by atoms with Crippen molar-refractivity contribution in [2.45, 2.75) is 5.16 Å². The number of carbonyl (C=O) groups is 1. The summed E-state index contributed by atoms with van der Waals surface area (Å²) in [5.41, 5.74) is 1.14. The third-order valence-corrected chi connectivity index (χ3v) is 5.72. The van der Waals surface area contributed by atoms with Crippen LogP contribution in [-0.4, -0.2) is 52.7 Å². The van der Waals surface area contributed by atoms with E-state index in [1.807, 2.05) is 4.90 Å². The van der Waals surface area contributed by atoms with Crippen molar-refractivity contribution < 1.29 is 13.9 Å². The minimum atomic E-state index is -0.360. The number of nitrogens with zero attached hydrogens (tertiary/aromatic N) is 4. The van der Waals surface area contributed by atoms with Crippen molar-refractivity contribution in [2.75, 3.05) is 42.3 Å². The molecule has 10 heteroatoms. The van der Waals surface area contributed by atoms with Crippen LogP contribution in [0.15, 0.2) is 53.7 Å². The molecule has 3 aromatic rings. The van der Waals surface area contributed by atoms with Gasteiger partial charge in [0.15, 0.2) is 5.16 Å². The predicted molar refractivity (Wildman–Crippen MR) is 115 cm³/mol. The summed E-state index contributed by atoms with van der Waals surface area (Å²) in [6, 6.07) is 13.2. The molecule has 156 valence electrons. The Morgan fingerprint density at radius 2 is 1.97 bits per heavy atom. The molecular weight excluding hydrogens is 429 g/mol. The lowest BCUT2D eigenvalue weighted by Gasteiger charge is -2.27. The Bertz CT molecular complexity index is 1040. The number of aromatic nitrogens is 3. The predicted octanol–water partition coefficient (Wildman–Crippen LogP) is 3.63.